The minimum Gasteiger partial charge on any atom is -0.311 e. The van der Waals surface area contributed by atoms with Crippen LogP contribution in [0.5, 0.6) is 0 Å². The molecule has 3 aromatic carbocycles. The first-order valence-corrected chi connectivity index (χ1v) is 15.0. The van der Waals surface area contributed by atoms with Gasteiger partial charge in [-0.25, -0.2) is 4.79 Å². The van der Waals surface area contributed by atoms with Crippen molar-refractivity contribution in [2.75, 3.05) is 15.2 Å². The van der Waals surface area contributed by atoms with Crippen LogP contribution in [-0.2, 0) is 9.59 Å². The summed E-state index contributed by atoms with van der Waals surface area (Å²) in [5.41, 5.74) is 2.17. The molecule has 0 saturated heterocycles. The van der Waals surface area contributed by atoms with Crippen LogP contribution in [0.1, 0.15) is 13.3 Å². The molecule has 2 N–H and O–H groups in total. The number of hydrazone groups is 1. The topological polar surface area (TPSA) is 94.1 Å². The average Bonchev–Trinajstić information content (AvgIpc) is 3.35. The SMILES string of the molecule is CC(Sc1cccc(NC(=O)N2c3ccccc3SC3C=CC=CC32)c1)C(=O)NC1=NN(c2ccccc2)C(=O)C1. The number of allylic oxidation sites excluding steroid dienone is 2. The van der Waals surface area contributed by atoms with Crippen molar-refractivity contribution in [3.63, 3.8) is 0 Å². The molecular formula is C31H27N5O3S2. The first-order chi connectivity index (χ1) is 20.0. The van der Waals surface area contributed by atoms with Crippen molar-refractivity contribution in [1.29, 1.82) is 0 Å². The zero-order valence-electron chi connectivity index (χ0n) is 22.1. The summed E-state index contributed by atoms with van der Waals surface area (Å²) in [5, 5.41) is 11.1. The van der Waals surface area contributed by atoms with Crippen molar-refractivity contribution in [1.82, 2.24) is 5.32 Å². The Morgan fingerprint density at radius 1 is 0.976 bits per heavy atom. The zero-order chi connectivity index (χ0) is 28.3. The van der Waals surface area contributed by atoms with Gasteiger partial charge in [0.05, 0.1) is 34.3 Å². The second-order valence-electron chi connectivity index (χ2n) is 9.65. The Bertz CT molecular complexity index is 1590. The molecule has 0 radical (unpaired) electrons. The van der Waals surface area contributed by atoms with E-state index in [1.807, 2.05) is 83.8 Å². The number of para-hydroxylation sites is 2. The Labute approximate surface area is 246 Å². The van der Waals surface area contributed by atoms with Crippen LogP contribution in [0, 0.1) is 0 Å². The van der Waals surface area contributed by atoms with Crippen molar-refractivity contribution < 1.29 is 14.4 Å². The second-order valence-corrected chi connectivity index (χ2v) is 12.3. The van der Waals surface area contributed by atoms with Crippen LogP contribution in [0.4, 0.5) is 21.9 Å². The minimum absolute atomic E-state index is 0.0322. The van der Waals surface area contributed by atoms with Crippen molar-refractivity contribution in [2.24, 2.45) is 5.10 Å². The molecule has 6 rings (SSSR count). The van der Waals surface area contributed by atoms with E-state index in [0.717, 1.165) is 15.5 Å². The highest BCUT2D eigenvalue weighted by Gasteiger charge is 2.36. The van der Waals surface area contributed by atoms with Crippen LogP contribution in [0.25, 0.3) is 0 Å². The highest BCUT2D eigenvalue weighted by atomic mass is 32.2. The highest BCUT2D eigenvalue weighted by Crippen LogP contribution is 2.43. The van der Waals surface area contributed by atoms with Gasteiger partial charge in [-0.2, -0.15) is 10.1 Å². The van der Waals surface area contributed by atoms with Crippen LogP contribution in [0.3, 0.4) is 0 Å². The predicted molar refractivity (Wildman–Crippen MR) is 166 cm³/mol. The van der Waals surface area contributed by atoms with Gasteiger partial charge in [0, 0.05) is 15.5 Å². The molecule has 3 aromatic rings. The van der Waals surface area contributed by atoms with Gasteiger partial charge in [-0.3, -0.25) is 14.5 Å². The molecule has 41 heavy (non-hydrogen) atoms. The molecule has 0 aromatic heterocycles. The van der Waals surface area contributed by atoms with Gasteiger partial charge in [-0.15, -0.1) is 23.5 Å². The first-order valence-electron chi connectivity index (χ1n) is 13.2. The molecule has 0 spiro atoms. The maximum atomic E-state index is 13.6. The van der Waals surface area contributed by atoms with Gasteiger partial charge in [0.1, 0.15) is 5.84 Å². The van der Waals surface area contributed by atoms with Crippen molar-refractivity contribution >= 4 is 64.3 Å². The highest BCUT2D eigenvalue weighted by molar-refractivity contribution is 8.00. The van der Waals surface area contributed by atoms with Gasteiger partial charge in [-0.05, 0) is 49.4 Å². The summed E-state index contributed by atoms with van der Waals surface area (Å²) in [7, 11) is 0. The maximum Gasteiger partial charge on any atom is 0.326 e. The number of hydrogen-bond donors (Lipinski definition) is 2. The third kappa shape index (κ3) is 5.79. The average molecular weight is 582 g/mol. The van der Waals surface area contributed by atoms with Crippen LogP contribution in [0.15, 0.2) is 118 Å². The standard InChI is InChI=1S/C31H27N5O3S2/c1-20(30(38)33-28-19-29(37)36(34-28)22-11-3-2-4-12-22)40-23-13-9-10-21(18-23)32-31(39)35-24-14-5-7-16-26(24)41-27-17-8-6-15-25(27)35/h2-18,20,24,26H,19H2,1H3,(H,32,39)(H,33,34,38). The molecule has 3 aliphatic rings. The van der Waals surface area contributed by atoms with Crippen LogP contribution in [-0.4, -0.2) is 40.2 Å². The Kier molecular flexibility index (Phi) is 7.67. The molecule has 4 amide bonds. The number of urea groups is 1. The number of carbonyl (C=O) groups is 3. The van der Waals surface area contributed by atoms with Gasteiger partial charge >= 0.3 is 6.03 Å². The number of anilines is 3. The number of amidine groups is 1. The molecule has 8 nitrogen and oxygen atoms in total. The third-order valence-electron chi connectivity index (χ3n) is 6.77. The fourth-order valence-corrected chi connectivity index (χ4v) is 7.01. The number of amides is 4. The molecule has 2 aliphatic heterocycles. The fourth-order valence-electron chi connectivity index (χ4n) is 4.83. The van der Waals surface area contributed by atoms with Gasteiger partial charge < -0.3 is 10.6 Å². The Morgan fingerprint density at radius 2 is 1.76 bits per heavy atom. The van der Waals surface area contributed by atoms with E-state index in [1.165, 1.54) is 16.8 Å². The lowest BCUT2D eigenvalue weighted by atomic mass is 10.1. The maximum absolute atomic E-state index is 13.6. The van der Waals surface area contributed by atoms with Gasteiger partial charge in [-0.1, -0.05) is 60.7 Å². The summed E-state index contributed by atoms with van der Waals surface area (Å²) in [6.45, 7) is 1.79. The lowest BCUT2D eigenvalue weighted by molar-refractivity contribution is -0.118. The molecule has 0 saturated carbocycles. The summed E-state index contributed by atoms with van der Waals surface area (Å²) < 4.78 is 0. The number of thioether (sulfide) groups is 2. The van der Waals surface area contributed by atoms with Crippen LogP contribution >= 0.6 is 23.5 Å². The fraction of sp³-hybridized carbons (Fsp3) is 0.161. The number of fused-ring (bicyclic) bond motifs is 2. The van der Waals surface area contributed by atoms with E-state index in [-0.39, 0.29) is 35.6 Å². The van der Waals surface area contributed by atoms with Gasteiger partial charge in [0.25, 0.3) is 5.91 Å². The number of nitrogens with one attached hydrogen (secondary N) is 2. The van der Waals surface area contributed by atoms with E-state index >= 15 is 0 Å². The van der Waals surface area contributed by atoms with E-state index in [0.29, 0.717) is 17.2 Å². The van der Waals surface area contributed by atoms with Gasteiger partial charge in [0.2, 0.25) is 5.91 Å². The van der Waals surface area contributed by atoms with Gasteiger partial charge in [0.15, 0.2) is 0 Å². The van der Waals surface area contributed by atoms with E-state index in [1.54, 1.807) is 30.8 Å². The lowest BCUT2D eigenvalue weighted by Gasteiger charge is -2.40. The first kappa shape index (κ1) is 26.9. The molecule has 1 aliphatic carbocycles. The monoisotopic (exact) mass is 581 g/mol. The quantitative estimate of drug-likeness (QED) is 0.358. The molecular weight excluding hydrogens is 555 g/mol. The van der Waals surface area contributed by atoms with E-state index in [4.69, 9.17) is 0 Å². The molecule has 2 heterocycles. The number of hydrogen-bond acceptors (Lipinski definition) is 6. The summed E-state index contributed by atoms with van der Waals surface area (Å²) in [5.74, 6) is -0.130. The number of rotatable bonds is 5. The third-order valence-corrected chi connectivity index (χ3v) is 9.17. The summed E-state index contributed by atoms with van der Waals surface area (Å²) in [4.78, 5) is 42.7. The molecule has 206 valence electrons. The van der Waals surface area contributed by atoms with Crippen molar-refractivity contribution in [2.45, 2.75) is 39.7 Å². The number of nitrogens with zero attached hydrogens (tertiary/aromatic N) is 3. The molecule has 0 bridgehead atoms. The number of carbonyl (C=O) groups excluding carboxylic acids is 3. The lowest BCUT2D eigenvalue weighted by Crippen LogP contribution is -2.49. The number of benzene rings is 3. The smallest absolute Gasteiger partial charge is 0.311 e. The minimum atomic E-state index is -0.463. The van der Waals surface area contributed by atoms with Crippen molar-refractivity contribution in [3.05, 3.63) is 103 Å². The van der Waals surface area contributed by atoms with E-state index < -0.39 is 5.25 Å². The van der Waals surface area contributed by atoms with Crippen LogP contribution in [0.2, 0.25) is 0 Å². The second kappa shape index (κ2) is 11.7. The summed E-state index contributed by atoms with van der Waals surface area (Å²) in [6.07, 6.45) is 8.21. The Hall–Kier alpha value is -4.28. The summed E-state index contributed by atoms with van der Waals surface area (Å²) in [6, 6.07) is 24.2. The molecule has 3 unspecified atom stereocenters. The van der Waals surface area contributed by atoms with E-state index in [2.05, 4.69) is 27.9 Å². The zero-order valence-corrected chi connectivity index (χ0v) is 23.8. The predicted octanol–water partition coefficient (Wildman–Crippen LogP) is 6.04. The molecule has 0 fully saturated rings. The summed E-state index contributed by atoms with van der Waals surface area (Å²) >= 11 is 3.12. The van der Waals surface area contributed by atoms with E-state index in [9.17, 15) is 14.4 Å². The van der Waals surface area contributed by atoms with Crippen molar-refractivity contribution in [3.8, 4) is 0 Å². The Balaban J connectivity index is 1.11. The normalized spacial score (nSPS) is 19.7. The molecule has 10 heteroatoms. The van der Waals surface area contributed by atoms with Crippen LogP contribution < -0.4 is 20.5 Å². The Morgan fingerprint density at radius 3 is 2.61 bits per heavy atom. The largest absolute Gasteiger partial charge is 0.326 e. The molecule has 3 atom stereocenters.